The molecule has 1 amide bonds. The van der Waals surface area contributed by atoms with Crippen LogP contribution in [-0.4, -0.2) is 12.5 Å². The molecule has 0 radical (unpaired) electrons. The largest absolute Gasteiger partial charge is 0.494 e. The summed E-state index contributed by atoms with van der Waals surface area (Å²) in [5.74, 6) is 0.625. The summed E-state index contributed by atoms with van der Waals surface area (Å²) in [5.41, 5.74) is 0.944. The predicted molar refractivity (Wildman–Crippen MR) is 95.6 cm³/mol. The van der Waals surface area contributed by atoms with Crippen molar-refractivity contribution in [2.75, 3.05) is 6.61 Å². The molecule has 1 N–H and O–H groups in total. The van der Waals surface area contributed by atoms with Crippen LogP contribution in [0.3, 0.4) is 0 Å². The van der Waals surface area contributed by atoms with Gasteiger partial charge in [0.1, 0.15) is 10.6 Å². The zero-order chi connectivity index (χ0) is 16.2. The van der Waals surface area contributed by atoms with Crippen LogP contribution in [0.15, 0.2) is 48.5 Å². The number of carbonyl (C=O) groups is 1. The first-order chi connectivity index (χ1) is 11.2. The molecule has 0 saturated heterocycles. The fourth-order valence-electron chi connectivity index (χ4n) is 2.36. The molecule has 0 saturated carbocycles. The first-order valence-electron chi connectivity index (χ1n) is 7.36. The lowest BCUT2D eigenvalue weighted by Gasteiger charge is -2.10. The molecule has 118 valence electrons. The Hall–Kier alpha value is -2.04. The molecule has 0 spiro atoms. The van der Waals surface area contributed by atoms with Gasteiger partial charge in [-0.15, -0.1) is 11.3 Å². The summed E-state index contributed by atoms with van der Waals surface area (Å²) in [6.45, 7) is 2.93. The van der Waals surface area contributed by atoms with Crippen LogP contribution in [0.5, 0.6) is 5.75 Å². The quantitative estimate of drug-likeness (QED) is 0.715. The Bertz CT molecular complexity index is 844. The van der Waals surface area contributed by atoms with E-state index in [2.05, 4.69) is 5.32 Å². The molecule has 1 aromatic heterocycles. The number of nitrogens with one attached hydrogen (secondary N) is 1. The van der Waals surface area contributed by atoms with Crippen molar-refractivity contribution >= 4 is 38.9 Å². The number of rotatable bonds is 5. The standard InChI is InChI=1S/C18H16ClNO2S/c1-2-22-14-9-5-3-7-12(14)11-20-18(21)17-16(19)13-8-4-6-10-15(13)23-17/h3-10H,2,11H2,1H3,(H,20,21). The number of ether oxygens (including phenoxy) is 1. The number of benzene rings is 2. The van der Waals surface area contributed by atoms with Gasteiger partial charge in [-0.05, 0) is 19.1 Å². The average Bonchev–Trinajstić information content (AvgIpc) is 2.91. The Balaban J connectivity index is 1.78. The van der Waals surface area contributed by atoms with Gasteiger partial charge in [-0.3, -0.25) is 4.79 Å². The molecule has 5 heteroatoms. The highest BCUT2D eigenvalue weighted by Crippen LogP contribution is 2.35. The number of thiophene rings is 1. The number of hydrogen-bond donors (Lipinski definition) is 1. The van der Waals surface area contributed by atoms with Crippen molar-refractivity contribution in [1.29, 1.82) is 0 Å². The highest BCUT2D eigenvalue weighted by molar-refractivity contribution is 7.21. The molecule has 3 nitrogen and oxygen atoms in total. The van der Waals surface area contributed by atoms with Gasteiger partial charge >= 0.3 is 0 Å². The fraction of sp³-hybridized carbons (Fsp3) is 0.167. The van der Waals surface area contributed by atoms with Crippen LogP contribution < -0.4 is 10.1 Å². The number of carbonyl (C=O) groups excluding carboxylic acids is 1. The number of para-hydroxylation sites is 1. The maximum atomic E-state index is 12.5. The lowest BCUT2D eigenvalue weighted by molar-refractivity contribution is 0.0955. The molecule has 0 fully saturated rings. The highest BCUT2D eigenvalue weighted by atomic mass is 35.5. The van der Waals surface area contributed by atoms with E-state index in [0.29, 0.717) is 23.1 Å². The molecule has 3 rings (SSSR count). The molecule has 0 bridgehead atoms. The second-order valence-corrected chi connectivity index (χ2v) is 6.39. The minimum Gasteiger partial charge on any atom is -0.494 e. The second-order valence-electron chi connectivity index (χ2n) is 4.96. The molecule has 0 unspecified atom stereocenters. The van der Waals surface area contributed by atoms with Crippen molar-refractivity contribution in [2.24, 2.45) is 0 Å². The summed E-state index contributed by atoms with van der Waals surface area (Å²) in [5, 5.41) is 4.35. The van der Waals surface area contributed by atoms with E-state index in [9.17, 15) is 4.79 Å². The van der Waals surface area contributed by atoms with E-state index in [4.69, 9.17) is 16.3 Å². The van der Waals surface area contributed by atoms with Crippen LogP contribution in [0.1, 0.15) is 22.2 Å². The second kappa shape index (κ2) is 7.02. The van der Waals surface area contributed by atoms with Crippen LogP contribution in [0.4, 0.5) is 0 Å². The van der Waals surface area contributed by atoms with Crippen molar-refractivity contribution in [3.8, 4) is 5.75 Å². The van der Waals surface area contributed by atoms with Gasteiger partial charge in [0.2, 0.25) is 0 Å². The monoisotopic (exact) mass is 345 g/mol. The lowest BCUT2D eigenvalue weighted by atomic mass is 10.2. The van der Waals surface area contributed by atoms with E-state index in [0.717, 1.165) is 21.4 Å². The maximum absolute atomic E-state index is 12.5. The van der Waals surface area contributed by atoms with Crippen molar-refractivity contribution in [3.05, 3.63) is 64.0 Å². The molecule has 0 aliphatic rings. The topological polar surface area (TPSA) is 38.3 Å². The number of fused-ring (bicyclic) bond motifs is 1. The van der Waals surface area contributed by atoms with E-state index >= 15 is 0 Å². The fourth-order valence-corrected chi connectivity index (χ4v) is 3.80. The SMILES string of the molecule is CCOc1ccccc1CNC(=O)c1sc2ccccc2c1Cl. The Kier molecular flexibility index (Phi) is 4.84. The predicted octanol–water partition coefficient (Wildman–Crippen LogP) is 4.88. The van der Waals surface area contributed by atoms with Crippen LogP contribution in [0, 0.1) is 0 Å². The Labute approximate surface area is 143 Å². The van der Waals surface area contributed by atoms with Gasteiger partial charge in [-0.25, -0.2) is 0 Å². The van der Waals surface area contributed by atoms with Gasteiger partial charge in [0.25, 0.3) is 5.91 Å². The third-order valence-corrected chi connectivity index (χ3v) is 5.13. The maximum Gasteiger partial charge on any atom is 0.263 e. The minimum absolute atomic E-state index is 0.164. The van der Waals surface area contributed by atoms with Gasteiger partial charge in [0.05, 0.1) is 11.6 Å². The van der Waals surface area contributed by atoms with E-state index in [1.165, 1.54) is 11.3 Å². The number of amides is 1. The summed E-state index contributed by atoms with van der Waals surface area (Å²) in [7, 11) is 0. The summed E-state index contributed by atoms with van der Waals surface area (Å²) >= 11 is 7.75. The first-order valence-corrected chi connectivity index (χ1v) is 8.56. The Morgan fingerprint density at radius 1 is 1.17 bits per heavy atom. The van der Waals surface area contributed by atoms with Gasteiger partial charge in [0.15, 0.2) is 0 Å². The normalized spacial score (nSPS) is 10.7. The smallest absolute Gasteiger partial charge is 0.263 e. The van der Waals surface area contributed by atoms with Crippen molar-refractivity contribution < 1.29 is 9.53 Å². The van der Waals surface area contributed by atoms with Crippen LogP contribution in [-0.2, 0) is 6.54 Å². The molecular weight excluding hydrogens is 330 g/mol. The molecule has 3 aromatic rings. The minimum atomic E-state index is -0.164. The lowest BCUT2D eigenvalue weighted by Crippen LogP contribution is -2.22. The third-order valence-electron chi connectivity index (χ3n) is 3.45. The number of halogens is 1. The van der Waals surface area contributed by atoms with Crippen LogP contribution in [0.2, 0.25) is 5.02 Å². The van der Waals surface area contributed by atoms with E-state index in [-0.39, 0.29) is 5.91 Å². The van der Waals surface area contributed by atoms with E-state index < -0.39 is 0 Å². The van der Waals surface area contributed by atoms with Gasteiger partial charge in [-0.2, -0.15) is 0 Å². The average molecular weight is 346 g/mol. The molecule has 0 aliphatic carbocycles. The molecule has 0 aliphatic heterocycles. The first kappa shape index (κ1) is 15.8. The van der Waals surface area contributed by atoms with E-state index in [1.807, 2.05) is 55.5 Å². The molecular formula is C18H16ClNO2S. The van der Waals surface area contributed by atoms with Gasteiger partial charge in [-0.1, -0.05) is 48.0 Å². The summed E-state index contributed by atoms with van der Waals surface area (Å²) in [6.07, 6.45) is 0. The zero-order valence-corrected chi connectivity index (χ0v) is 14.2. The summed E-state index contributed by atoms with van der Waals surface area (Å²) < 4.78 is 6.58. The van der Waals surface area contributed by atoms with E-state index in [1.54, 1.807) is 0 Å². The van der Waals surface area contributed by atoms with Gasteiger partial charge in [0, 0.05) is 22.2 Å². The molecule has 23 heavy (non-hydrogen) atoms. The highest BCUT2D eigenvalue weighted by Gasteiger charge is 2.17. The van der Waals surface area contributed by atoms with Gasteiger partial charge < -0.3 is 10.1 Å². The van der Waals surface area contributed by atoms with Crippen molar-refractivity contribution in [3.63, 3.8) is 0 Å². The Morgan fingerprint density at radius 3 is 2.70 bits per heavy atom. The Morgan fingerprint density at radius 2 is 1.91 bits per heavy atom. The third kappa shape index (κ3) is 3.33. The molecule has 2 aromatic carbocycles. The number of hydrogen-bond acceptors (Lipinski definition) is 3. The van der Waals surface area contributed by atoms with Crippen LogP contribution in [0.25, 0.3) is 10.1 Å². The molecule has 1 heterocycles. The summed E-state index contributed by atoms with van der Waals surface area (Å²) in [4.78, 5) is 13.0. The molecule has 0 atom stereocenters. The summed E-state index contributed by atoms with van der Waals surface area (Å²) in [6, 6.07) is 15.4. The van der Waals surface area contributed by atoms with Crippen molar-refractivity contribution in [2.45, 2.75) is 13.5 Å². The zero-order valence-electron chi connectivity index (χ0n) is 12.6. The van der Waals surface area contributed by atoms with Crippen LogP contribution >= 0.6 is 22.9 Å². The van der Waals surface area contributed by atoms with Crippen molar-refractivity contribution in [1.82, 2.24) is 5.32 Å².